The summed E-state index contributed by atoms with van der Waals surface area (Å²) < 4.78 is 6.39. The Labute approximate surface area is 154 Å². The van der Waals surface area contributed by atoms with Crippen molar-refractivity contribution in [2.75, 3.05) is 11.9 Å². The van der Waals surface area contributed by atoms with Gasteiger partial charge in [-0.1, -0.05) is 54.5 Å². The maximum atomic E-state index is 11.8. The summed E-state index contributed by atoms with van der Waals surface area (Å²) >= 11 is 1.06. The molecule has 136 valence electrons. The van der Waals surface area contributed by atoms with Crippen molar-refractivity contribution in [1.29, 1.82) is 0 Å². The number of aromatic amines is 1. The van der Waals surface area contributed by atoms with Crippen molar-refractivity contribution in [3.63, 3.8) is 0 Å². The molecule has 26 heavy (non-hydrogen) atoms. The lowest BCUT2D eigenvalue weighted by Crippen LogP contribution is -2.39. The van der Waals surface area contributed by atoms with Crippen molar-refractivity contribution in [3.05, 3.63) is 45.6 Å². The van der Waals surface area contributed by atoms with E-state index in [1.807, 2.05) is 30.3 Å². The Morgan fingerprint density at radius 3 is 2.73 bits per heavy atom. The summed E-state index contributed by atoms with van der Waals surface area (Å²) in [4.78, 5) is 23.1. The van der Waals surface area contributed by atoms with E-state index in [0.717, 1.165) is 42.6 Å². The topological polar surface area (TPSA) is 100 Å². The van der Waals surface area contributed by atoms with Gasteiger partial charge in [-0.05, 0) is 18.4 Å². The van der Waals surface area contributed by atoms with Gasteiger partial charge >= 0.3 is 10.9 Å². The van der Waals surface area contributed by atoms with Gasteiger partial charge in [-0.25, -0.2) is 0 Å². The minimum absolute atomic E-state index is 0.0258. The Hall–Kier alpha value is -2.45. The fourth-order valence-corrected chi connectivity index (χ4v) is 4.04. The van der Waals surface area contributed by atoms with Gasteiger partial charge in [0.25, 0.3) is 0 Å². The summed E-state index contributed by atoms with van der Waals surface area (Å²) in [5, 5.41) is 13.2. The van der Waals surface area contributed by atoms with Crippen LogP contribution < -0.4 is 14.9 Å². The van der Waals surface area contributed by atoms with Crippen LogP contribution in [0, 0.1) is 0 Å². The van der Waals surface area contributed by atoms with Gasteiger partial charge in [-0.3, -0.25) is 9.78 Å². The van der Waals surface area contributed by atoms with Crippen molar-refractivity contribution in [2.24, 2.45) is 0 Å². The van der Waals surface area contributed by atoms with Crippen LogP contribution in [0.2, 0.25) is 0 Å². The van der Waals surface area contributed by atoms with Gasteiger partial charge in [-0.15, -0.1) is 0 Å². The molecule has 2 aromatic heterocycles. The number of aliphatic hydroxyl groups is 1. The maximum absolute atomic E-state index is 11.8. The Morgan fingerprint density at radius 2 is 2.00 bits per heavy atom. The van der Waals surface area contributed by atoms with E-state index < -0.39 is 5.54 Å². The number of anilines is 1. The predicted molar refractivity (Wildman–Crippen MR) is 101 cm³/mol. The van der Waals surface area contributed by atoms with Gasteiger partial charge in [-0.2, -0.15) is 9.97 Å². The second-order valence-corrected chi connectivity index (χ2v) is 7.58. The number of benzene rings is 1. The van der Waals surface area contributed by atoms with E-state index >= 15 is 0 Å². The van der Waals surface area contributed by atoms with Gasteiger partial charge in [0.1, 0.15) is 11.3 Å². The molecule has 1 fully saturated rings. The molecule has 0 saturated heterocycles. The number of thiazole rings is 1. The van der Waals surface area contributed by atoms with Crippen LogP contribution in [-0.2, 0) is 6.61 Å². The molecule has 0 spiro atoms. The molecule has 0 bridgehead atoms. The highest BCUT2D eigenvalue weighted by atomic mass is 32.1. The quantitative estimate of drug-likeness (QED) is 0.615. The molecule has 4 rings (SSSR count). The average molecular weight is 372 g/mol. The summed E-state index contributed by atoms with van der Waals surface area (Å²) in [5.74, 6) is 0.539. The minimum atomic E-state index is -0.398. The summed E-state index contributed by atoms with van der Waals surface area (Å²) in [6, 6.07) is 9.95. The second kappa shape index (κ2) is 7.05. The van der Waals surface area contributed by atoms with Gasteiger partial charge in [0, 0.05) is 0 Å². The molecule has 1 aliphatic carbocycles. The molecule has 1 aliphatic rings. The largest absolute Gasteiger partial charge is 0.458 e. The van der Waals surface area contributed by atoms with Crippen molar-refractivity contribution in [3.8, 4) is 6.01 Å². The Bertz CT molecular complexity index is 948. The van der Waals surface area contributed by atoms with Crippen LogP contribution in [0.4, 0.5) is 5.82 Å². The molecule has 3 aromatic rings. The average Bonchev–Trinajstić information content (AvgIpc) is 3.27. The van der Waals surface area contributed by atoms with Crippen molar-refractivity contribution in [1.82, 2.24) is 15.0 Å². The number of hydrogen-bond acceptors (Lipinski definition) is 7. The molecule has 1 aromatic carbocycles. The number of rotatable bonds is 6. The fraction of sp³-hybridized carbons (Fsp3) is 0.389. The molecule has 2 heterocycles. The van der Waals surface area contributed by atoms with Crippen molar-refractivity contribution < 1.29 is 9.84 Å². The smallest absolute Gasteiger partial charge is 0.320 e. The Morgan fingerprint density at radius 1 is 1.23 bits per heavy atom. The van der Waals surface area contributed by atoms with Crippen LogP contribution in [0.3, 0.4) is 0 Å². The molecule has 0 aliphatic heterocycles. The van der Waals surface area contributed by atoms with Crippen LogP contribution in [0.5, 0.6) is 6.01 Å². The molecule has 1 saturated carbocycles. The van der Waals surface area contributed by atoms with Crippen LogP contribution in [0.1, 0.15) is 31.2 Å². The molecule has 8 heteroatoms. The Kier molecular flexibility index (Phi) is 4.60. The first-order chi connectivity index (χ1) is 12.7. The lowest BCUT2D eigenvalue weighted by Gasteiger charge is -2.28. The van der Waals surface area contributed by atoms with E-state index in [1.165, 1.54) is 0 Å². The number of ether oxygens (including phenoxy) is 1. The standard InChI is InChI=1S/C18H20N4O3S/c23-11-18(8-4-5-9-18)22-15-13-14(21-17(24)26-13)19-16(20-15)25-10-12-6-2-1-3-7-12/h1-3,6-7,23H,4-5,8-11H2,(H2,19,20,21,22,24). The molecular weight excluding hydrogens is 352 g/mol. The first kappa shape index (κ1) is 17.0. The summed E-state index contributed by atoms with van der Waals surface area (Å²) in [7, 11) is 0. The first-order valence-electron chi connectivity index (χ1n) is 8.64. The zero-order valence-electron chi connectivity index (χ0n) is 14.2. The van der Waals surface area contributed by atoms with E-state index in [2.05, 4.69) is 20.3 Å². The van der Waals surface area contributed by atoms with Gasteiger partial charge in [0.05, 0.1) is 12.1 Å². The van der Waals surface area contributed by atoms with Crippen LogP contribution >= 0.6 is 11.3 Å². The predicted octanol–water partition coefficient (Wildman–Crippen LogP) is 2.68. The highest BCUT2D eigenvalue weighted by Crippen LogP contribution is 2.35. The highest BCUT2D eigenvalue weighted by molar-refractivity contribution is 7.17. The number of H-pyrrole nitrogens is 1. The monoisotopic (exact) mass is 372 g/mol. The molecule has 7 nitrogen and oxygen atoms in total. The SMILES string of the molecule is O=c1[nH]c2nc(OCc3ccccc3)nc(NC3(CO)CCCC3)c2s1. The van der Waals surface area contributed by atoms with Gasteiger partial charge in [0.15, 0.2) is 11.5 Å². The third-order valence-corrected chi connectivity index (χ3v) is 5.60. The summed E-state index contributed by atoms with van der Waals surface area (Å²) in [5.41, 5.74) is 1.06. The van der Waals surface area contributed by atoms with Crippen LogP contribution in [0.15, 0.2) is 35.1 Å². The first-order valence-corrected chi connectivity index (χ1v) is 9.46. The van der Waals surface area contributed by atoms with Crippen LogP contribution in [-0.4, -0.2) is 32.2 Å². The van der Waals surface area contributed by atoms with E-state index in [0.29, 0.717) is 22.8 Å². The number of nitrogens with one attached hydrogen (secondary N) is 2. The zero-order valence-corrected chi connectivity index (χ0v) is 15.0. The minimum Gasteiger partial charge on any atom is -0.458 e. The number of fused-ring (bicyclic) bond motifs is 1. The summed E-state index contributed by atoms with van der Waals surface area (Å²) in [6.07, 6.45) is 3.86. The number of aliphatic hydroxyl groups excluding tert-OH is 1. The van der Waals surface area contributed by atoms with Gasteiger partial charge in [0.2, 0.25) is 0 Å². The van der Waals surface area contributed by atoms with Crippen molar-refractivity contribution >= 4 is 27.5 Å². The Balaban J connectivity index is 1.65. The summed E-state index contributed by atoms with van der Waals surface area (Å²) in [6.45, 7) is 0.364. The fourth-order valence-electron chi connectivity index (χ4n) is 3.32. The van der Waals surface area contributed by atoms with E-state index in [9.17, 15) is 9.90 Å². The van der Waals surface area contributed by atoms with E-state index in [4.69, 9.17) is 4.74 Å². The third-order valence-electron chi connectivity index (χ3n) is 4.72. The zero-order chi connectivity index (χ0) is 18.0. The van der Waals surface area contributed by atoms with E-state index in [1.54, 1.807) is 0 Å². The maximum Gasteiger partial charge on any atom is 0.320 e. The van der Waals surface area contributed by atoms with Crippen LogP contribution in [0.25, 0.3) is 10.3 Å². The second-order valence-electron chi connectivity index (χ2n) is 6.59. The molecular formula is C18H20N4O3S. The molecule has 0 amide bonds. The molecule has 0 atom stereocenters. The highest BCUT2D eigenvalue weighted by Gasteiger charge is 2.34. The lowest BCUT2D eigenvalue weighted by atomic mass is 9.99. The number of nitrogens with zero attached hydrogens (tertiary/aromatic N) is 2. The van der Waals surface area contributed by atoms with E-state index in [-0.39, 0.29) is 17.5 Å². The molecule has 0 radical (unpaired) electrons. The normalized spacial score (nSPS) is 16.0. The number of aromatic nitrogens is 3. The van der Waals surface area contributed by atoms with Crippen molar-refractivity contribution in [2.45, 2.75) is 37.8 Å². The molecule has 0 unspecified atom stereocenters. The lowest BCUT2D eigenvalue weighted by molar-refractivity contribution is 0.213. The van der Waals surface area contributed by atoms with Gasteiger partial charge < -0.3 is 15.2 Å². The number of hydrogen-bond donors (Lipinski definition) is 3. The molecule has 3 N–H and O–H groups in total. The third kappa shape index (κ3) is 3.42.